The van der Waals surface area contributed by atoms with E-state index in [-0.39, 0.29) is 30.7 Å². The fourth-order valence-corrected chi connectivity index (χ4v) is 3.18. The molecule has 3 rings (SSSR count). The Hall–Kier alpha value is -1.92. The number of fused-ring (bicyclic) bond motifs is 1. The predicted octanol–water partition coefficient (Wildman–Crippen LogP) is 0.400. The summed E-state index contributed by atoms with van der Waals surface area (Å²) in [5.74, 6) is -0.219. The summed E-state index contributed by atoms with van der Waals surface area (Å²) in [7, 11) is 0. The first kappa shape index (κ1) is 16.0. The van der Waals surface area contributed by atoms with Crippen molar-refractivity contribution in [3.8, 4) is 0 Å². The number of amides is 2. The van der Waals surface area contributed by atoms with Gasteiger partial charge in [0.05, 0.1) is 25.4 Å². The Morgan fingerprint density at radius 3 is 2.74 bits per heavy atom. The zero-order valence-corrected chi connectivity index (χ0v) is 13.0. The summed E-state index contributed by atoms with van der Waals surface area (Å²) < 4.78 is 5.21. The molecule has 2 N–H and O–H groups in total. The number of rotatable bonds is 4. The van der Waals surface area contributed by atoms with Crippen LogP contribution in [-0.4, -0.2) is 54.2 Å². The second-order valence-electron chi connectivity index (χ2n) is 6.01. The van der Waals surface area contributed by atoms with E-state index in [0.29, 0.717) is 32.7 Å². The average Bonchev–Trinajstić information content (AvgIpc) is 2.89. The highest BCUT2D eigenvalue weighted by atomic mass is 16.5. The topological polar surface area (TPSA) is 78.9 Å². The third-order valence-electron chi connectivity index (χ3n) is 4.45. The van der Waals surface area contributed by atoms with Crippen LogP contribution in [0.3, 0.4) is 0 Å². The summed E-state index contributed by atoms with van der Waals surface area (Å²) in [5, 5.41) is 13.0. The number of hydrogen-bond donors (Lipinski definition) is 2. The molecule has 2 aliphatic rings. The molecule has 124 valence electrons. The summed E-state index contributed by atoms with van der Waals surface area (Å²) in [6, 6.07) is 7.34. The summed E-state index contributed by atoms with van der Waals surface area (Å²) in [6.07, 6.45) is 0.275. The maximum Gasteiger partial charge on any atom is 0.223 e. The highest BCUT2D eigenvalue weighted by molar-refractivity contribution is 5.84. The number of morpholine rings is 1. The first-order valence-electron chi connectivity index (χ1n) is 8.06. The van der Waals surface area contributed by atoms with Crippen molar-refractivity contribution in [2.45, 2.75) is 31.4 Å². The van der Waals surface area contributed by atoms with E-state index in [1.54, 1.807) is 4.90 Å². The molecule has 1 aliphatic carbocycles. The van der Waals surface area contributed by atoms with E-state index in [9.17, 15) is 14.7 Å². The molecule has 1 aromatic rings. The molecule has 6 heteroatoms. The van der Waals surface area contributed by atoms with Crippen LogP contribution in [0.1, 0.15) is 30.0 Å². The molecule has 0 spiro atoms. The lowest BCUT2D eigenvalue weighted by Crippen LogP contribution is -2.41. The number of carbonyl (C=O) groups is 2. The molecule has 2 amide bonds. The smallest absolute Gasteiger partial charge is 0.223 e. The average molecular weight is 318 g/mol. The van der Waals surface area contributed by atoms with Gasteiger partial charge in [-0.25, -0.2) is 0 Å². The molecular weight excluding hydrogens is 296 g/mol. The van der Waals surface area contributed by atoms with Crippen molar-refractivity contribution in [1.82, 2.24) is 10.2 Å². The van der Waals surface area contributed by atoms with Crippen LogP contribution in [0.25, 0.3) is 0 Å². The Bertz CT molecular complexity index is 584. The highest BCUT2D eigenvalue weighted by Gasteiger charge is 2.31. The van der Waals surface area contributed by atoms with Gasteiger partial charge in [0, 0.05) is 32.4 Å². The van der Waals surface area contributed by atoms with Crippen LogP contribution < -0.4 is 5.32 Å². The molecule has 0 saturated carbocycles. The standard InChI is InChI=1S/C17H22N2O4/c20-14-11-12-3-1-2-4-13(12)17(14)18-15(21)5-6-16(22)19-7-9-23-10-8-19/h1-4,14,17,20H,5-11H2,(H,18,21)/t14-,17+/m0/s1. The van der Waals surface area contributed by atoms with Crippen molar-refractivity contribution in [2.75, 3.05) is 26.3 Å². The molecule has 0 bridgehead atoms. The molecule has 1 saturated heterocycles. The van der Waals surface area contributed by atoms with Crippen molar-refractivity contribution in [3.05, 3.63) is 35.4 Å². The van der Waals surface area contributed by atoms with Gasteiger partial charge in [0.25, 0.3) is 0 Å². The minimum absolute atomic E-state index is 0.0178. The zero-order valence-electron chi connectivity index (χ0n) is 13.0. The molecule has 1 fully saturated rings. The SMILES string of the molecule is O=C(CCC(=O)N1CCOCC1)N[C@@H]1c2ccccc2C[C@@H]1O. The lowest BCUT2D eigenvalue weighted by Gasteiger charge is -2.27. The largest absolute Gasteiger partial charge is 0.390 e. The molecule has 23 heavy (non-hydrogen) atoms. The molecule has 0 unspecified atom stereocenters. The minimum atomic E-state index is -0.605. The van der Waals surface area contributed by atoms with E-state index in [0.717, 1.165) is 11.1 Å². The molecule has 2 atom stereocenters. The van der Waals surface area contributed by atoms with Gasteiger partial charge in [-0.05, 0) is 11.1 Å². The lowest BCUT2D eigenvalue weighted by atomic mass is 10.1. The van der Waals surface area contributed by atoms with E-state index in [1.807, 2.05) is 24.3 Å². The third kappa shape index (κ3) is 3.71. The predicted molar refractivity (Wildman–Crippen MR) is 83.7 cm³/mol. The van der Waals surface area contributed by atoms with Gasteiger partial charge in [-0.1, -0.05) is 24.3 Å². The molecule has 1 aromatic carbocycles. The quantitative estimate of drug-likeness (QED) is 0.842. The second-order valence-corrected chi connectivity index (χ2v) is 6.01. The molecule has 1 aliphatic heterocycles. The van der Waals surface area contributed by atoms with Gasteiger partial charge < -0.3 is 20.1 Å². The normalized spacial score (nSPS) is 23.4. The number of aliphatic hydroxyl groups is 1. The van der Waals surface area contributed by atoms with Gasteiger partial charge in [0.2, 0.25) is 11.8 Å². The number of nitrogens with zero attached hydrogens (tertiary/aromatic N) is 1. The van der Waals surface area contributed by atoms with Crippen LogP contribution in [0.2, 0.25) is 0 Å². The first-order chi connectivity index (χ1) is 11.1. The second kappa shape index (κ2) is 7.10. The van der Waals surface area contributed by atoms with Gasteiger partial charge in [-0.2, -0.15) is 0 Å². The van der Waals surface area contributed by atoms with Crippen LogP contribution in [0.5, 0.6) is 0 Å². The zero-order chi connectivity index (χ0) is 16.2. The Balaban J connectivity index is 1.50. The van der Waals surface area contributed by atoms with Gasteiger partial charge in [-0.15, -0.1) is 0 Å². The number of hydrogen-bond acceptors (Lipinski definition) is 4. The minimum Gasteiger partial charge on any atom is -0.390 e. The summed E-state index contributed by atoms with van der Waals surface area (Å²) in [4.78, 5) is 25.9. The van der Waals surface area contributed by atoms with Crippen LogP contribution in [-0.2, 0) is 20.7 Å². The van der Waals surface area contributed by atoms with E-state index >= 15 is 0 Å². The van der Waals surface area contributed by atoms with Crippen molar-refractivity contribution >= 4 is 11.8 Å². The van der Waals surface area contributed by atoms with E-state index in [4.69, 9.17) is 4.74 Å². The van der Waals surface area contributed by atoms with Crippen LogP contribution in [0, 0.1) is 0 Å². The number of ether oxygens (including phenoxy) is 1. The Kier molecular flexibility index (Phi) is 4.93. The van der Waals surface area contributed by atoms with Crippen LogP contribution >= 0.6 is 0 Å². The fourth-order valence-electron chi connectivity index (χ4n) is 3.18. The van der Waals surface area contributed by atoms with Gasteiger partial charge in [0.15, 0.2) is 0 Å². The maximum absolute atomic E-state index is 12.1. The summed E-state index contributed by atoms with van der Waals surface area (Å²) in [6.45, 7) is 2.30. The number of nitrogens with one attached hydrogen (secondary N) is 1. The number of benzene rings is 1. The van der Waals surface area contributed by atoms with Crippen molar-refractivity contribution < 1.29 is 19.4 Å². The van der Waals surface area contributed by atoms with Gasteiger partial charge >= 0.3 is 0 Å². The van der Waals surface area contributed by atoms with Gasteiger partial charge in [-0.3, -0.25) is 9.59 Å². The highest BCUT2D eigenvalue weighted by Crippen LogP contribution is 2.31. The van der Waals surface area contributed by atoms with E-state index in [2.05, 4.69) is 5.32 Å². The van der Waals surface area contributed by atoms with Crippen molar-refractivity contribution in [3.63, 3.8) is 0 Å². The summed E-state index contributed by atoms with van der Waals surface area (Å²) >= 11 is 0. The molecular formula is C17H22N2O4. The van der Waals surface area contributed by atoms with Crippen molar-refractivity contribution in [1.29, 1.82) is 0 Å². The molecule has 6 nitrogen and oxygen atoms in total. The maximum atomic E-state index is 12.1. The number of aliphatic hydroxyl groups excluding tert-OH is 1. The Morgan fingerprint density at radius 1 is 1.22 bits per heavy atom. The summed E-state index contributed by atoms with van der Waals surface area (Å²) in [5.41, 5.74) is 2.03. The lowest BCUT2D eigenvalue weighted by molar-refractivity contribution is -0.137. The first-order valence-corrected chi connectivity index (χ1v) is 8.06. The van der Waals surface area contributed by atoms with Crippen LogP contribution in [0.4, 0.5) is 0 Å². The Morgan fingerprint density at radius 2 is 1.96 bits per heavy atom. The molecule has 1 heterocycles. The Labute approximate surface area is 135 Å². The van der Waals surface area contributed by atoms with E-state index < -0.39 is 6.10 Å². The number of carbonyl (C=O) groups excluding carboxylic acids is 2. The molecule has 0 radical (unpaired) electrons. The molecule has 0 aromatic heterocycles. The van der Waals surface area contributed by atoms with Gasteiger partial charge in [0.1, 0.15) is 0 Å². The monoisotopic (exact) mass is 318 g/mol. The third-order valence-corrected chi connectivity index (χ3v) is 4.45. The van der Waals surface area contributed by atoms with E-state index in [1.165, 1.54) is 0 Å². The fraction of sp³-hybridized carbons (Fsp3) is 0.529. The van der Waals surface area contributed by atoms with Crippen LogP contribution in [0.15, 0.2) is 24.3 Å². The van der Waals surface area contributed by atoms with Crippen molar-refractivity contribution in [2.24, 2.45) is 0 Å².